The van der Waals surface area contributed by atoms with Gasteiger partial charge in [-0.1, -0.05) is 13.8 Å². The van der Waals surface area contributed by atoms with E-state index >= 15 is 0 Å². The number of carbonyl (C=O) groups excluding carboxylic acids is 1. The van der Waals surface area contributed by atoms with Crippen molar-refractivity contribution in [1.82, 2.24) is 9.55 Å². The van der Waals surface area contributed by atoms with E-state index in [9.17, 15) is 4.79 Å². The number of hydrogen-bond acceptors (Lipinski definition) is 3. The van der Waals surface area contributed by atoms with Gasteiger partial charge in [0.25, 0.3) is 0 Å². The topological polar surface area (TPSA) is 55.1 Å². The van der Waals surface area contributed by atoms with Crippen molar-refractivity contribution in [2.75, 3.05) is 6.61 Å². The Morgan fingerprint density at radius 1 is 1.32 bits per heavy atom. The molecule has 0 unspecified atom stereocenters. The fourth-order valence-electron chi connectivity index (χ4n) is 2.24. The quantitative estimate of drug-likeness (QED) is 0.860. The summed E-state index contributed by atoms with van der Waals surface area (Å²) in [6.07, 6.45) is 2.11. The van der Waals surface area contributed by atoms with Crippen molar-refractivity contribution < 1.29 is 9.90 Å². The molecule has 0 bridgehead atoms. The van der Waals surface area contributed by atoms with Gasteiger partial charge in [-0.05, 0) is 37.5 Å². The minimum atomic E-state index is -0.502. The summed E-state index contributed by atoms with van der Waals surface area (Å²) >= 11 is 0. The molecule has 4 nitrogen and oxygen atoms in total. The molecule has 102 valence electrons. The highest BCUT2D eigenvalue weighted by Crippen LogP contribution is 2.28. The molecular weight excluding hydrogens is 240 g/mol. The number of nitrogens with zero attached hydrogens (tertiary/aromatic N) is 2. The second-order valence-corrected chi connectivity index (χ2v) is 5.39. The summed E-state index contributed by atoms with van der Waals surface area (Å²) in [6, 6.07) is 3.90. The van der Waals surface area contributed by atoms with Crippen molar-refractivity contribution in [3.05, 3.63) is 29.6 Å². The van der Waals surface area contributed by atoms with Crippen LogP contribution in [-0.4, -0.2) is 27.0 Å². The first-order valence-corrected chi connectivity index (χ1v) is 6.61. The Kier molecular flexibility index (Phi) is 3.71. The predicted octanol–water partition coefficient (Wildman–Crippen LogP) is 2.92. The van der Waals surface area contributed by atoms with Crippen LogP contribution in [-0.2, 0) is 0 Å². The first-order valence-electron chi connectivity index (χ1n) is 6.61. The van der Waals surface area contributed by atoms with Crippen molar-refractivity contribution in [3.63, 3.8) is 0 Å². The number of carbonyl (C=O) groups is 1. The van der Waals surface area contributed by atoms with Gasteiger partial charge in [-0.2, -0.15) is 0 Å². The van der Waals surface area contributed by atoms with E-state index in [-0.39, 0.29) is 11.8 Å². The number of rotatable bonds is 4. The maximum atomic E-state index is 11.6. The van der Waals surface area contributed by atoms with Crippen LogP contribution in [0.25, 0.3) is 11.0 Å². The molecular formula is C15H20N2O2. The van der Waals surface area contributed by atoms with Crippen molar-refractivity contribution >= 4 is 16.8 Å². The van der Waals surface area contributed by atoms with E-state index in [1.54, 1.807) is 6.07 Å². The molecule has 0 amide bonds. The smallest absolute Gasteiger partial charge is 0.206 e. The molecule has 0 atom stereocenters. The molecule has 2 heterocycles. The van der Waals surface area contributed by atoms with Gasteiger partial charge in [0, 0.05) is 17.6 Å². The number of Topliss-reactive ketones (excluding diaryl/α,β-unsaturated/α-hetero) is 1. The lowest BCUT2D eigenvalue weighted by molar-refractivity contribution is 0.0899. The Labute approximate surface area is 113 Å². The zero-order chi connectivity index (χ0) is 14.2. The van der Waals surface area contributed by atoms with Gasteiger partial charge >= 0.3 is 0 Å². The Bertz CT molecular complexity index is 612. The van der Waals surface area contributed by atoms with Crippen LogP contribution in [0.15, 0.2) is 18.3 Å². The van der Waals surface area contributed by atoms with Crippen LogP contribution in [0, 0.1) is 0 Å². The fraction of sp³-hybridized carbons (Fsp3) is 0.467. The molecule has 0 aliphatic rings. The molecule has 19 heavy (non-hydrogen) atoms. The number of ketones is 1. The molecule has 1 N–H and O–H groups in total. The van der Waals surface area contributed by atoms with Gasteiger partial charge in [-0.3, -0.25) is 4.79 Å². The molecule has 0 fully saturated rings. The molecule has 4 heteroatoms. The van der Waals surface area contributed by atoms with E-state index in [4.69, 9.17) is 5.11 Å². The molecule has 0 aromatic carbocycles. The van der Waals surface area contributed by atoms with Gasteiger partial charge in [-0.15, -0.1) is 0 Å². The van der Waals surface area contributed by atoms with Crippen LogP contribution >= 0.6 is 0 Å². The van der Waals surface area contributed by atoms with Gasteiger partial charge in [0.05, 0.1) is 0 Å². The Hall–Kier alpha value is -1.68. The highest BCUT2D eigenvalue weighted by molar-refractivity contribution is 5.97. The SMILES string of the molecule is CC(C)c1cn(C(C)C)c2nc(C(=O)CO)ccc12. The van der Waals surface area contributed by atoms with Crippen LogP contribution in [0.5, 0.6) is 0 Å². The average molecular weight is 260 g/mol. The average Bonchev–Trinajstić information content (AvgIpc) is 2.76. The summed E-state index contributed by atoms with van der Waals surface area (Å²) in [4.78, 5) is 16.0. The van der Waals surface area contributed by atoms with Gasteiger partial charge in [0.15, 0.2) is 0 Å². The second kappa shape index (κ2) is 5.13. The van der Waals surface area contributed by atoms with E-state index in [0.717, 1.165) is 11.0 Å². The van der Waals surface area contributed by atoms with Crippen molar-refractivity contribution in [2.24, 2.45) is 0 Å². The van der Waals surface area contributed by atoms with Gasteiger partial charge in [0.2, 0.25) is 5.78 Å². The van der Waals surface area contributed by atoms with Crippen LogP contribution in [0.4, 0.5) is 0 Å². The van der Waals surface area contributed by atoms with Crippen molar-refractivity contribution in [1.29, 1.82) is 0 Å². The summed E-state index contributed by atoms with van der Waals surface area (Å²) in [6.45, 7) is 7.97. The first-order chi connectivity index (χ1) is 8.95. The van der Waals surface area contributed by atoms with Crippen LogP contribution in [0.3, 0.4) is 0 Å². The molecule has 2 aromatic rings. The summed E-state index contributed by atoms with van der Waals surface area (Å²) in [5.41, 5.74) is 2.38. The van der Waals surface area contributed by atoms with Gasteiger partial charge in [0.1, 0.15) is 17.9 Å². The Morgan fingerprint density at radius 2 is 2.00 bits per heavy atom. The highest BCUT2D eigenvalue weighted by Gasteiger charge is 2.16. The number of aliphatic hydroxyl groups is 1. The number of hydrogen-bond donors (Lipinski definition) is 1. The van der Waals surface area contributed by atoms with E-state index < -0.39 is 6.61 Å². The lowest BCUT2D eigenvalue weighted by Crippen LogP contribution is -2.08. The van der Waals surface area contributed by atoms with E-state index in [1.807, 2.05) is 6.07 Å². The minimum absolute atomic E-state index is 0.280. The Balaban J connectivity index is 2.69. The van der Waals surface area contributed by atoms with Crippen molar-refractivity contribution in [3.8, 4) is 0 Å². The van der Waals surface area contributed by atoms with E-state index in [2.05, 4.69) is 43.4 Å². The number of pyridine rings is 1. The van der Waals surface area contributed by atoms with Crippen LogP contribution in [0.1, 0.15) is 55.7 Å². The predicted molar refractivity (Wildman–Crippen MR) is 75.6 cm³/mol. The minimum Gasteiger partial charge on any atom is -0.388 e. The monoisotopic (exact) mass is 260 g/mol. The lowest BCUT2D eigenvalue weighted by Gasteiger charge is -2.08. The van der Waals surface area contributed by atoms with Crippen LogP contribution in [0.2, 0.25) is 0 Å². The molecule has 0 saturated carbocycles. The van der Waals surface area contributed by atoms with Gasteiger partial charge in [-0.25, -0.2) is 4.98 Å². The third kappa shape index (κ3) is 2.40. The standard InChI is InChI=1S/C15H20N2O2/c1-9(2)12-7-17(10(3)4)15-11(12)5-6-13(16-15)14(19)8-18/h5-7,9-10,18H,8H2,1-4H3. The number of fused-ring (bicyclic) bond motifs is 1. The number of aliphatic hydroxyl groups excluding tert-OH is 1. The molecule has 2 rings (SSSR count). The fourth-order valence-corrected chi connectivity index (χ4v) is 2.24. The zero-order valence-corrected chi connectivity index (χ0v) is 11.8. The normalized spacial score (nSPS) is 11.7. The third-order valence-electron chi connectivity index (χ3n) is 3.32. The molecule has 2 aromatic heterocycles. The third-order valence-corrected chi connectivity index (χ3v) is 3.32. The molecule has 0 radical (unpaired) electrons. The molecule has 0 spiro atoms. The maximum absolute atomic E-state index is 11.6. The van der Waals surface area contributed by atoms with Crippen LogP contribution < -0.4 is 0 Å². The molecule has 0 saturated heterocycles. The summed E-state index contributed by atoms with van der Waals surface area (Å²) < 4.78 is 2.08. The summed E-state index contributed by atoms with van der Waals surface area (Å²) in [7, 11) is 0. The first kappa shape index (κ1) is 13.7. The second-order valence-electron chi connectivity index (χ2n) is 5.39. The van der Waals surface area contributed by atoms with E-state index in [0.29, 0.717) is 11.6 Å². The lowest BCUT2D eigenvalue weighted by atomic mass is 10.0. The Morgan fingerprint density at radius 3 is 2.53 bits per heavy atom. The summed E-state index contributed by atoms with van der Waals surface area (Å²) in [5, 5.41) is 10.0. The van der Waals surface area contributed by atoms with Gasteiger partial charge < -0.3 is 9.67 Å². The van der Waals surface area contributed by atoms with E-state index in [1.165, 1.54) is 5.56 Å². The summed E-state index contributed by atoms with van der Waals surface area (Å²) in [5.74, 6) is 0.0631. The highest BCUT2D eigenvalue weighted by atomic mass is 16.3. The zero-order valence-electron chi connectivity index (χ0n) is 11.8. The largest absolute Gasteiger partial charge is 0.388 e. The maximum Gasteiger partial charge on any atom is 0.206 e. The number of aromatic nitrogens is 2. The van der Waals surface area contributed by atoms with Crippen molar-refractivity contribution in [2.45, 2.75) is 39.7 Å². The molecule has 0 aliphatic carbocycles. The molecule has 0 aliphatic heterocycles.